The molecule has 2 N–H and O–H groups in total. The van der Waals surface area contributed by atoms with Gasteiger partial charge in [0.2, 0.25) is 0 Å². The summed E-state index contributed by atoms with van der Waals surface area (Å²) < 4.78 is 11.4. The van der Waals surface area contributed by atoms with Crippen molar-refractivity contribution in [2.45, 2.75) is 25.6 Å². The molecule has 0 bridgehead atoms. The average Bonchev–Trinajstić information content (AvgIpc) is 3.24. The predicted octanol–water partition coefficient (Wildman–Crippen LogP) is 5.01. The van der Waals surface area contributed by atoms with E-state index in [9.17, 15) is 4.79 Å². The summed E-state index contributed by atoms with van der Waals surface area (Å²) in [4.78, 5) is 19.8. The molecule has 1 aromatic heterocycles. The van der Waals surface area contributed by atoms with Crippen molar-refractivity contribution in [1.82, 2.24) is 15.4 Å². The first-order valence-electron chi connectivity index (χ1n) is 10.8. The first-order chi connectivity index (χ1) is 16.5. The molecule has 3 aromatic carbocycles. The van der Waals surface area contributed by atoms with Crippen LogP contribution in [0.5, 0.6) is 11.5 Å². The van der Waals surface area contributed by atoms with Crippen molar-refractivity contribution in [3.05, 3.63) is 82.9 Å². The zero-order chi connectivity index (χ0) is 23.9. The maximum atomic E-state index is 12.1. The Labute approximate surface area is 202 Å². The van der Waals surface area contributed by atoms with Crippen LogP contribution in [0.4, 0.5) is 0 Å². The SMILES string of the molecule is COc1cc(/C=N/NC(=O)CSc2nc3ccccc3[nH]2)ccc1OCc1cc(C)cc(C)c1. The van der Waals surface area contributed by atoms with Gasteiger partial charge >= 0.3 is 0 Å². The van der Waals surface area contributed by atoms with E-state index in [0.29, 0.717) is 23.3 Å². The van der Waals surface area contributed by atoms with Gasteiger partial charge in [-0.25, -0.2) is 10.4 Å². The number of benzene rings is 3. The highest BCUT2D eigenvalue weighted by molar-refractivity contribution is 7.99. The molecule has 0 unspecified atom stereocenters. The van der Waals surface area contributed by atoms with E-state index >= 15 is 0 Å². The van der Waals surface area contributed by atoms with Crippen LogP contribution in [0.25, 0.3) is 11.0 Å². The molecule has 0 saturated heterocycles. The summed E-state index contributed by atoms with van der Waals surface area (Å²) in [7, 11) is 1.59. The van der Waals surface area contributed by atoms with Crippen LogP contribution in [0.15, 0.2) is 70.9 Å². The summed E-state index contributed by atoms with van der Waals surface area (Å²) in [6.45, 7) is 4.59. The Kier molecular flexibility index (Phi) is 7.49. The van der Waals surface area contributed by atoms with E-state index in [4.69, 9.17) is 9.47 Å². The number of ether oxygens (including phenoxy) is 2. The molecule has 4 rings (SSSR count). The number of rotatable bonds is 9. The second-order valence-corrected chi connectivity index (χ2v) is 8.80. The molecular weight excluding hydrogens is 448 g/mol. The minimum atomic E-state index is -0.220. The van der Waals surface area contributed by atoms with Crippen molar-refractivity contribution in [1.29, 1.82) is 0 Å². The molecule has 0 radical (unpaired) electrons. The van der Waals surface area contributed by atoms with E-state index in [0.717, 1.165) is 22.2 Å². The van der Waals surface area contributed by atoms with Gasteiger partial charge in [-0.05, 0) is 55.3 Å². The summed E-state index contributed by atoms with van der Waals surface area (Å²) >= 11 is 1.32. The van der Waals surface area contributed by atoms with Gasteiger partial charge in [-0.1, -0.05) is 53.2 Å². The van der Waals surface area contributed by atoms with E-state index in [1.54, 1.807) is 13.3 Å². The molecule has 34 heavy (non-hydrogen) atoms. The molecule has 1 heterocycles. The summed E-state index contributed by atoms with van der Waals surface area (Å²) in [5, 5.41) is 4.75. The topological polar surface area (TPSA) is 88.6 Å². The van der Waals surface area contributed by atoms with Gasteiger partial charge < -0.3 is 14.5 Å². The lowest BCUT2D eigenvalue weighted by atomic mass is 10.1. The molecule has 0 fully saturated rings. The minimum absolute atomic E-state index is 0.200. The fourth-order valence-electron chi connectivity index (χ4n) is 3.54. The number of aromatic amines is 1. The van der Waals surface area contributed by atoms with Gasteiger partial charge in [0.15, 0.2) is 16.7 Å². The van der Waals surface area contributed by atoms with Gasteiger partial charge in [0.1, 0.15) is 6.61 Å². The van der Waals surface area contributed by atoms with Gasteiger partial charge in [0.25, 0.3) is 5.91 Å². The van der Waals surface area contributed by atoms with Crippen LogP contribution < -0.4 is 14.9 Å². The Morgan fingerprint density at radius 3 is 2.65 bits per heavy atom. The highest BCUT2D eigenvalue weighted by Crippen LogP contribution is 2.28. The number of imidazole rings is 1. The minimum Gasteiger partial charge on any atom is -0.493 e. The van der Waals surface area contributed by atoms with Crippen LogP contribution in [0, 0.1) is 13.8 Å². The maximum absolute atomic E-state index is 12.1. The number of hydrogen-bond donors (Lipinski definition) is 2. The van der Waals surface area contributed by atoms with E-state index in [1.165, 1.54) is 22.9 Å². The number of methoxy groups -OCH3 is 1. The monoisotopic (exact) mass is 474 g/mol. The largest absolute Gasteiger partial charge is 0.493 e. The first kappa shape index (κ1) is 23.4. The Morgan fingerprint density at radius 2 is 1.88 bits per heavy atom. The maximum Gasteiger partial charge on any atom is 0.250 e. The second kappa shape index (κ2) is 10.9. The lowest BCUT2D eigenvalue weighted by Crippen LogP contribution is -2.19. The molecule has 0 aliphatic rings. The number of carbonyl (C=O) groups excluding carboxylic acids is 1. The molecule has 0 aliphatic carbocycles. The number of aryl methyl sites for hydroxylation is 2. The molecule has 0 saturated carbocycles. The van der Waals surface area contributed by atoms with Crippen LogP contribution in [-0.4, -0.2) is 35.0 Å². The second-order valence-electron chi connectivity index (χ2n) is 7.84. The highest BCUT2D eigenvalue weighted by Gasteiger charge is 2.08. The van der Waals surface area contributed by atoms with E-state index in [1.807, 2.05) is 42.5 Å². The molecular formula is C26H26N4O3S. The van der Waals surface area contributed by atoms with E-state index in [-0.39, 0.29) is 11.7 Å². The van der Waals surface area contributed by atoms with Crippen LogP contribution in [-0.2, 0) is 11.4 Å². The van der Waals surface area contributed by atoms with Crippen molar-refractivity contribution < 1.29 is 14.3 Å². The van der Waals surface area contributed by atoms with Crippen molar-refractivity contribution in [3.63, 3.8) is 0 Å². The zero-order valence-corrected chi connectivity index (χ0v) is 20.1. The summed E-state index contributed by atoms with van der Waals surface area (Å²) in [5.41, 5.74) is 8.65. The normalized spacial score (nSPS) is 11.1. The number of hydrogen-bond acceptors (Lipinski definition) is 6. The quantitative estimate of drug-likeness (QED) is 0.202. The Morgan fingerprint density at radius 1 is 1.09 bits per heavy atom. The summed E-state index contributed by atoms with van der Waals surface area (Å²) in [6.07, 6.45) is 1.57. The predicted molar refractivity (Wildman–Crippen MR) is 136 cm³/mol. The van der Waals surface area contributed by atoms with Gasteiger partial charge in [-0.3, -0.25) is 4.79 Å². The fraction of sp³-hybridized carbons (Fsp3) is 0.192. The third-order valence-electron chi connectivity index (χ3n) is 4.97. The fourth-order valence-corrected chi connectivity index (χ4v) is 4.22. The van der Waals surface area contributed by atoms with Crippen LogP contribution in [0.1, 0.15) is 22.3 Å². The number of carbonyl (C=O) groups is 1. The van der Waals surface area contributed by atoms with Crippen LogP contribution >= 0.6 is 11.8 Å². The molecule has 7 nitrogen and oxygen atoms in total. The first-order valence-corrected chi connectivity index (χ1v) is 11.8. The Bertz CT molecular complexity index is 1280. The molecule has 8 heteroatoms. The lowest BCUT2D eigenvalue weighted by molar-refractivity contribution is -0.118. The van der Waals surface area contributed by atoms with Gasteiger partial charge in [0.05, 0.1) is 30.1 Å². The van der Waals surface area contributed by atoms with Crippen molar-refractivity contribution in [3.8, 4) is 11.5 Å². The number of thioether (sulfide) groups is 1. The van der Waals surface area contributed by atoms with Crippen molar-refractivity contribution in [2.75, 3.05) is 12.9 Å². The molecule has 1 amide bonds. The molecule has 0 spiro atoms. The Hall–Kier alpha value is -3.78. The number of H-pyrrole nitrogens is 1. The number of fused-ring (bicyclic) bond motifs is 1. The molecule has 174 valence electrons. The average molecular weight is 475 g/mol. The van der Waals surface area contributed by atoms with Crippen LogP contribution in [0.2, 0.25) is 0 Å². The number of amides is 1. The number of nitrogens with zero attached hydrogens (tertiary/aromatic N) is 2. The third kappa shape index (κ3) is 6.17. The standard InChI is InChI=1S/C26H26N4O3S/c1-17-10-18(2)12-20(11-17)15-33-23-9-8-19(13-24(23)32-3)14-27-30-25(31)16-34-26-28-21-6-4-5-7-22(21)29-26/h4-14H,15-16H2,1-3H3,(H,28,29)(H,30,31)/b27-14+. The summed E-state index contributed by atoms with van der Waals surface area (Å²) in [6, 6.07) is 19.6. The number of nitrogens with one attached hydrogen (secondary N) is 2. The van der Waals surface area contributed by atoms with Crippen molar-refractivity contribution >= 4 is 34.9 Å². The molecule has 4 aromatic rings. The molecule has 0 atom stereocenters. The molecule has 0 aliphatic heterocycles. The number of para-hydroxylation sites is 2. The van der Waals surface area contributed by atoms with E-state index in [2.05, 4.69) is 52.5 Å². The lowest BCUT2D eigenvalue weighted by Gasteiger charge is -2.12. The summed E-state index contributed by atoms with van der Waals surface area (Å²) in [5.74, 6) is 1.22. The number of aromatic nitrogens is 2. The van der Waals surface area contributed by atoms with E-state index < -0.39 is 0 Å². The highest BCUT2D eigenvalue weighted by atomic mass is 32.2. The third-order valence-corrected chi connectivity index (χ3v) is 5.85. The number of hydrazone groups is 1. The van der Waals surface area contributed by atoms with Crippen molar-refractivity contribution in [2.24, 2.45) is 5.10 Å². The van der Waals surface area contributed by atoms with Gasteiger partial charge in [0, 0.05) is 0 Å². The van der Waals surface area contributed by atoms with Gasteiger partial charge in [-0.15, -0.1) is 0 Å². The van der Waals surface area contributed by atoms with Gasteiger partial charge in [-0.2, -0.15) is 5.10 Å². The zero-order valence-electron chi connectivity index (χ0n) is 19.3. The van der Waals surface area contributed by atoms with Crippen LogP contribution in [0.3, 0.4) is 0 Å². The smallest absolute Gasteiger partial charge is 0.250 e. The Balaban J connectivity index is 1.30.